The third-order valence-corrected chi connectivity index (χ3v) is 2.86. The summed E-state index contributed by atoms with van der Waals surface area (Å²) in [6.45, 7) is 0. The third-order valence-electron chi connectivity index (χ3n) is 2.86. The van der Waals surface area contributed by atoms with Gasteiger partial charge in [0, 0.05) is 6.20 Å². The van der Waals surface area contributed by atoms with Gasteiger partial charge in [0.2, 0.25) is 0 Å². The predicted molar refractivity (Wildman–Crippen MR) is 51.0 cm³/mol. The molecule has 5 nitrogen and oxygen atoms in total. The number of carbonyl (C=O) groups is 1. The van der Waals surface area contributed by atoms with Crippen molar-refractivity contribution >= 4 is 5.97 Å². The Hall–Kier alpha value is -1.83. The van der Waals surface area contributed by atoms with Gasteiger partial charge in [-0.1, -0.05) is 0 Å². The van der Waals surface area contributed by atoms with E-state index in [1.54, 1.807) is 10.9 Å². The summed E-state index contributed by atoms with van der Waals surface area (Å²) in [5.41, 5.74) is 0.522. The van der Waals surface area contributed by atoms with E-state index in [2.05, 4.69) is 5.10 Å². The first kappa shape index (κ1) is 9.71. The molecule has 1 fully saturated rings. The smallest absolute Gasteiger partial charge is 0.306 e. The molecule has 0 bridgehead atoms. The van der Waals surface area contributed by atoms with Gasteiger partial charge in [-0.25, -0.2) is 0 Å². The van der Waals surface area contributed by atoms with Crippen LogP contribution in [-0.4, -0.2) is 20.9 Å². The van der Waals surface area contributed by atoms with Gasteiger partial charge >= 0.3 is 5.97 Å². The molecule has 0 aromatic carbocycles. The van der Waals surface area contributed by atoms with Crippen LogP contribution in [0.4, 0.5) is 0 Å². The maximum absolute atomic E-state index is 10.8. The zero-order valence-corrected chi connectivity index (χ0v) is 8.13. The fraction of sp³-hybridized carbons (Fsp3) is 0.500. The summed E-state index contributed by atoms with van der Waals surface area (Å²) in [5.74, 6) is -0.991. The number of carboxylic acid groups (broad SMARTS) is 1. The van der Waals surface area contributed by atoms with E-state index in [1.807, 2.05) is 6.07 Å². The summed E-state index contributed by atoms with van der Waals surface area (Å²) in [7, 11) is 0. The van der Waals surface area contributed by atoms with E-state index in [4.69, 9.17) is 10.4 Å². The van der Waals surface area contributed by atoms with Crippen LogP contribution < -0.4 is 0 Å². The first-order chi connectivity index (χ1) is 7.20. The summed E-state index contributed by atoms with van der Waals surface area (Å²) in [6.07, 6.45) is 5.32. The zero-order valence-electron chi connectivity index (χ0n) is 8.13. The highest BCUT2D eigenvalue weighted by Gasteiger charge is 2.31. The standard InChI is InChI=1S/C10H11N3O2/c11-4-7-5-12-13(6-7)9-2-1-8(3-9)10(14)15/h5-6,8-9H,1-3H2,(H,14,15). The number of carboxylic acids is 1. The summed E-state index contributed by atoms with van der Waals surface area (Å²) in [6, 6.07) is 2.14. The molecule has 2 rings (SSSR count). The van der Waals surface area contributed by atoms with Crippen LogP contribution >= 0.6 is 0 Å². The highest BCUT2D eigenvalue weighted by atomic mass is 16.4. The van der Waals surface area contributed by atoms with Crippen molar-refractivity contribution in [3.8, 4) is 6.07 Å². The third kappa shape index (κ3) is 1.84. The molecule has 1 aliphatic rings. The number of aliphatic carboxylic acids is 1. The lowest BCUT2D eigenvalue weighted by atomic mass is 10.1. The van der Waals surface area contributed by atoms with Gasteiger partial charge in [-0.2, -0.15) is 10.4 Å². The highest BCUT2D eigenvalue weighted by Crippen LogP contribution is 2.34. The second-order valence-corrected chi connectivity index (χ2v) is 3.82. The Morgan fingerprint density at radius 3 is 3.00 bits per heavy atom. The van der Waals surface area contributed by atoms with Crippen LogP contribution in [-0.2, 0) is 4.79 Å². The molecule has 0 amide bonds. The normalized spacial score (nSPS) is 25.0. The molecule has 1 aromatic heterocycles. The SMILES string of the molecule is N#Cc1cnn(C2CCC(C(=O)O)C2)c1. The fourth-order valence-corrected chi connectivity index (χ4v) is 2.02. The first-order valence-electron chi connectivity index (χ1n) is 4.87. The average Bonchev–Trinajstić information content (AvgIpc) is 2.86. The maximum Gasteiger partial charge on any atom is 0.306 e. The quantitative estimate of drug-likeness (QED) is 0.786. The number of hydrogen-bond acceptors (Lipinski definition) is 3. The number of nitrogens with zero attached hydrogens (tertiary/aromatic N) is 3. The molecule has 1 aromatic rings. The van der Waals surface area contributed by atoms with Crippen LogP contribution in [0.15, 0.2) is 12.4 Å². The molecule has 78 valence electrons. The van der Waals surface area contributed by atoms with Crippen molar-refractivity contribution in [3.05, 3.63) is 18.0 Å². The van der Waals surface area contributed by atoms with Crippen LogP contribution in [0.2, 0.25) is 0 Å². The van der Waals surface area contributed by atoms with Gasteiger partial charge in [0.1, 0.15) is 6.07 Å². The molecular formula is C10H11N3O2. The van der Waals surface area contributed by atoms with Crippen molar-refractivity contribution in [2.75, 3.05) is 0 Å². The van der Waals surface area contributed by atoms with E-state index in [0.29, 0.717) is 18.4 Å². The number of aromatic nitrogens is 2. The molecule has 0 aliphatic heterocycles. The van der Waals surface area contributed by atoms with Crippen LogP contribution in [0.3, 0.4) is 0 Å². The van der Waals surface area contributed by atoms with Gasteiger partial charge in [-0.05, 0) is 19.3 Å². The minimum absolute atomic E-state index is 0.133. The van der Waals surface area contributed by atoms with Gasteiger partial charge in [-0.15, -0.1) is 0 Å². The predicted octanol–water partition coefficient (Wildman–Crippen LogP) is 1.18. The largest absolute Gasteiger partial charge is 0.481 e. The molecular weight excluding hydrogens is 194 g/mol. The Labute approximate surface area is 86.9 Å². The fourth-order valence-electron chi connectivity index (χ4n) is 2.02. The maximum atomic E-state index is 10.8. The van der Waals surface area contributed by atoms with E-state index in [1.165, 1.54) is 6.20 Å². The monoisotopic (exact) mass is 205 g/mol. The zero-order chi connectivity index (χ0) is 10.8. The van der Waals surface area contributed by atoms with Gasteiger partial charge in [0.15, 0.2) is 0 Å². The lowest BCUT2D eigenvalue weighted by molar-refractivity contribution is -0.141. The van der Waals surface area contributed by atoms with Crippen molar-refractivity contribution < 1.29 is 9.90 Å². The molecule has 5 heteroatoms. The minimum atomic E-state index is -0.731. The molecule has 1 saturated carbocycles. The van der Waals surface area contributed by atoms with Crippen molar-refractivity contribution in [1.29, 1.82) is 5.26 Å². The minimum Gasteiger partial charge on any atom is -0.481 e. The topological polar surface area (TPSA) is 78.9 Å². The number of rotatable bonds is 2. The number of nitriles is 1. The summed E-state index contributed by atoms with van der Waals surface area (Å²) < 4.78 is 1.71. The Kier molecular flexibility index (Phi) is 2.42. The van der Waals surface area contributed by atoms with Crippen LogP contribution in [0.25, 0.3) is 0 Å². The molecule has 0 radical (unpaired) electrons. The average molecular weight is 205 g/mol. The van der Waals surface area contributed by atoms with Crippen LogP contribution in [0.1, 0.15) is 30.9 Å². The van der Waals surface area contributed by atoms with Crippen molar-refractivity contribution in [2.24, 2.45) is 5.92 Å². The molecule has 0 spiro atoms. The molecule has 1 aliphatic carbocycles. The van der Waals surface area contributed by atoms with Crippen molar-refractivity contribution in [1.82, 2.24) is 9.78 Å². The first-order valence-corrected chi connectivity index (χ1v) is 4.87. The summed E-state index contributed by atoms with van der Waals surface area (Å²) in [5, 5.41) is 21.5. The van der Waals surface area contributed by atoms with E-state index >= 15 is 0 Å². The molecule has 1 heterocycles. The number of hydrogen-bond donors (Lipinski definition) is 1. The molecule has 2 unspecified atom stereocenters. The van der Waals surface area contributed by atoms with Crippen LogP contribution in [0.5, 0.6) is 0 Å². The summed E-state index contributed by atoms with van der Waals surface area (Å²) >= 11 is 0. The Morgan fingerprint density at radius 1 is 1.67 bits per heavy atom. The Morgan fingerprint density at radius 2 is 2.47 bits per heavy atom. The van der Waals surface area contributed by atoms with Crippen molar-refractivity contribution in [2.45, 2.75) is 25.3 Å². The van der Waals surface area contributed by atoms with Gasteiger partial charge in [0.05, 0.1) is 23.7 Å². The second kappa shape index (κ2) is 3.73. The van der Waals surface area contributed by atoms with Gasteiger partial charge < -0.3 is 5.11 Å². The van der Waals surface area contributed by atoms with Gasteiger partial charge in [0.25, 0.3) is 0 Å². The molecule has 15 heavy (non-hydrogen) atoms. The van der Waals surface area contributed by atoms with Crippen LogP contribution in [0, 0.1) is 17.2 Å². The highest BCUT2D eigenvalue weighted by molar-refractivity contribution is 5.70. The summed E-state index contributed by atoms with van der Waals surface area (Å²) in [4.78, 5) is 10.8. The van der Waals surface area contributed by atoms with E-state index in [9.17, 15) is 4.79 Å². The second-order valence-electron chi connectivity index (χ2n) is 3.82. The Bertz CT molecular complexity index is 419. The Balaban J connectivity index is 2.08. The lowest BCUT2D eigenvalue weighted by Gasteiger charge is -2.09. The lowest BCUT2D eigenvalue weighted by Crippen LogP contribution is -2.11. The van der Waals surface area contributed by atoms with E-state index in [0.717, 1.165) is 6.42 Å². The molecule has 0 saturated heterocycles. The van der Waals surface area contributed by atoms with Gasteiger partial charge in [-0.3, -0.25) is 9.48 Å². The van der Waals surface area contributed by atoms with Crippen molar-refractivity contribution in [3.63, 3.8) is 0 Å². The molecule has 1 N–H and O–H groups in total. The molecule has 2 atom stereocenters. The van der Waals surface area contributed by atoms with E-state index < -0.39 is 5.97 Å². The van der Waals surface area contributed by atoms with E-state index in [-0.39, 0.29) is 12.0 Å².